The van der Waals surface area contributed by atoms with Crippen molar-refractivity contribution in [3.05, 3.63) is 28.8 Å². The number of hydrogen-bond acceptors (Lipinski definition) is 2. The van der Waals surface area contributed by atoms with E-state index in [-0.39, 0.29) is 11.7 Å². The van der Waals surface area contributed by atoms with Gasteiger partial charge in [0.15, 0.2) is 5.78 Å². The Labute approximate surface area is 97.8 Å². The molecule has 0 amide bonds. The molecule has 1 rings (SSSR count). The van der Waals surface area contributed by atoms with E-state index in [0.29, 0.717) is 11.4 Å². The third kappa shape index (κ3) is 3.19. The van der Waals surface area contributed by atoms with Gasteiger partial charge in [0.1, 0.15) is 0 Å². The zero-order valence-electron chi connectivity index (χ0n) is 7.72. The summed E-state index contributed by atoms with van der Waals surface area (Å²) in [5.74, 6) is 0.0334. The molecule has 1 aromatic rings. The first-order valence-corrected chi connectivity index (χ1v) is 6.21. The summed E-state index contributed by atoms with van der Waals surface area (Å²) in [6.45, 7) is 0. The largest absolute Gasteiger partial charge is 0.298 e. The fourth-order valence-electron chi connectivity index (χ4n) is 1.06. The second kappa shape index (κ2) is 5.64. The van der Waals surface area contributed by atoms with Crippen LogP contribution in [0.25, 0.3) is 0 Å². The molecular formula is C10H10Cl2OS. The molecule has 0 aliphatic rings. The van der Waals surface area contributed by atoms with Crippen LogP contribution < -0.4 is 0 Å². The van der Waals surface area contributed by atoms with Crippen LogP contribution in [0.3, 0.4) is 0 Å². The lowest BCUT2D eigenvalue weighted by molar-refractivity contribution is -0.116. The third-order valence-corrected chi connectivity index (χ3v) is 3.17. The number of thioether (sulfide) groups is 1. The van der Waals surface area contributed by atoms with E-state index >= 15 is 0 Å². The molecule has 1 nitrogen and oxygen atoms in total. The van der Waals surface area contributed by atoms with Gasteiger partial charge in [-0.15, -0.1) is 23.4 Å². The Morgan fingerprint density at radius 2 is 2.21 bits per heavy atom. The van der Waals surface area contributed by atoms with Gasteiger partial charge in [0.05, 0.1) is 5.88 Å². The average molecular weight is 249 g/mol. The first-order valence-electron chi connectivity index (χ1n) is 4.07. The molecule has 0 aliphatic carbocycles. The number of rotatable bonds is 4. The molecule has 0 unspecified atom stereocenters. The van der Waals surface area contributed by atoms with Crippen molar-refractivity contribution in [2.75, 3.05) is 12.1 Å². The molecule has 0 aliphatic heterocycles. The molecule has 0 fully saturated rings. The number of hydrogen-bond donors (Lipinski definition) is 0. The van der Waals surface area contributed by atoms with Gasteiger partial charge in [-0.25, -0.2) is 0 Å². The van der Waals surface area contributed by atoms with Crippen LogP contribution in [0, 0.1) is 0 Å². The number of benzene rings is 1. The summed E-state index contributed by atoms with van der Waals surface area (Å²) >= 11 is 13.0. The van der Waals surface area contributed by atoms with Crippen molar-refractivity contribution in [1.29, 1.82) is 0 Å². The number of carbonyl (C=O) groups excluding carboxylic acids is 1. The van der Waals surface area contributed by atoms with Crippen molar-refractivity contribution in [3.8, 4) is 0 Å². The van der Waals surface area contributed by atoms with Gasteiger partial charge in [-0.05, 0) is 24.0 Å². The SMILES string of the molecule is CSc1ccc(CC(=O)CCl)c(Cl)c1. The Bertz CT molecular complexity index is 339. The minimum absolute atomic E-state index is 0.00883. The van der Waals surface area contributed by atoms with Gasteiger partial charge in [-0.2, -0.15) is 0 Å². The van der Waals surface area contributed by atoms with Crippen molar-refractivity contribution >= 4 is 40.7 Å². The number of alkyl halides is 1. The van der Waals surface area contributed by atoms with Crippen LogP contribution >= 0.6 is 35.0 Å². The van der Waals surface area contributed by atoms with Crippen LogP contribution in [0.5, 0.6) is 0 Å². The van der Waals surface area contributed by atoms with Crippen LogP contribution in [0.1, 0.15) is 5.56 Å². The van der Waals surface area contributed by atoms with Crippen LogP contribution in [0.15, 0.2) is 23.1 Å². The van der Waals surface area contributed by atoms with Gasteiger partial charge in [0.25, 0.3) is 0 Å². The van der Waals surface area contributed by atoms with E-state index in [1.165, 1.54) is 0 Å². The topological polar surface area (TPSA) is 17.1 Å². The quantitative estimate of drug-likeness (QED) is 0.600. The summed E-state index contributed by atoms with van der Waals surface area (Å²) < 4.78 is 0. The Hall–Kier alpha value is -0.180. The number of ketones is 1. The first-order chi connectivity index (χ1) is 6.67. The van der Waals surface area contributed by atoms with Gasteiger partial charge in [0, 0.05) is 16.3 Å². The van der Waals surface area contributed by atoms with E-state index in [4.69, 9.17) is 23.2 Å². The Morgan fingerprint density at radius 1 is 1.50 bits per heavy atom. The van der Waals surface area contributed by atoms with Gasteiger partial charge in [0.2, 0.25) is 0 Å². The molecule has 4 heteroatoms. The summed E-state index contributed by atoms with van der Waals surface area (Å²) in [6.07, 6.45) is 2.30. The monoisotopic (exact) mass is 248 g/mol. The fraction of sp³-hybridized carbons (Fsp3) is 0.300. The Morgan fingerprint density at radius 3 is 2.71 bits per heavy atom. The maximum absolute atomic E-state index is 11.1. The van der Waals surface area contributed by atoms with Gasteiger partial charge >= 0.3 is 0 Å². The lowest BCUT2D eigenvalue weighted by Crippen LogP contribution is -2.04. The zero-order valence-corrected chi connectivity index (χ0v) is 10.0. The molecule has 0 saturated heterocycles. The molecule has 0 heterocycles. The van der Waals surface area contributed by atoms with Crippen LogP contribution in [0.4, 0.5) is 0 Å². The lowest BCUT2D eigenvalue weighted by Gasteiger charge is -2.03. The van der Waals surface area contributed by atoms with Crippen molar-refractivity contribution in [1.82, 2.24) is 0 Å². The van der Waals surface area contributed by atoms with Crippen molar-refractivity contribution in [2.45, 2.75) is 11.3 Å². The second-order valence-electron chi connectivity index (χ2n) is 2.81. The Kier molecular flexibility index (Phi) is 4.79. The summed E-state index contributed by atoms with van der Waals surface area (Å²) in [7, 11) is 0. The standard InChI is InChI=1S/C10H10Cl2OS/c1-14-9-3-2-7(10(12)5-9)4-8(13)6-11/h2-3,5H,4,6H2,1H3. The highest BCUT2D eigenvalue weighted by Crippen LogP contribution is 2.23. The maximum atomic E-state index is 11.1. The van der Waals surface area contributed by atoms with E-state index < -0.39 is 0 Å². The summed E-state index contributed by atoms with van der Waals surface area (Å²) in [6, 6.07) is 5.69. The van der Waals surface area contributed by atoms with Gasteiger partial charge in [-0.3, -0.25) is 4.79 Å². The summed E-state index contributed by atoms with van der Waals surface area (Å²) in [5.41, 5.74) is 0.843. The zero-order chi connectivity index (χ0) is 10.6. The molecule has 1 aromatic carbocycles. The molecule has 14 heavy (non-hydrogen) atoms. The summed E-state index contributed by atoms with van der Waals surface area (Å²) in [5, 5.41) is 0.635. The maximum Gasteiger partial charge on any atom is 0.152 e. The molecular weight excluding hydrogens is 239 g/mol. The molecule has 0 N–H and O–H groups in total. The van der Waals surface area contributed by atoms with Crippen LogP contribution in [0.2, 0.25) is 5.02 Å². The molecule has 0 radical (unpaired) electrons. The van der Waals surface area contributed by atoms with E-state index in [0.717, 1.165) is 10.5 Å². The highest BCUT2D eigenvalue weighted by atomic mass is 35.5. The highest BCUT2D eigenvalue weighted by molar-refractivity contribution is 7.98. The van der Waals surface area contributed by atoms with E-state index in [1.54, 1.807) is 11.8 Å². The van der Waals surface area contributed by atoms with E-state index in [1.807, 2.05) is 24.5 Å². The van der Waals surface area contributed by atoms with Gasteiger partial charge < -0.3 is 0 Å². The molecule has 0 saturated carbocycles. The first kappa shape index (κ1) is 11.9. The lowest BCUT2D eigenvalue weighted by atomic mass is 10.1. The molecule has 76 valence electrons. The van der Waals surface area contributed by atoms with E-state index in [2.05, 4.69) is 0 Å². The molecule has 0 spiro atoms. The molecule has 0 bridgehead atoms. The normalized spacial score (nSPS) is 10.2. The van der Waals surface area contributed by atoms with Crippen molar-refractivity contribution in [3.63, 3.8) is 0 Å². The van der Waals surface area contributed by atoms with Gasteiger partial charge in [-0.1, -0.05) is 17.7 Å². The van der Waals surface area contributed by atoms with E-state index in [9.17, 15) is 4.79 Å². The fourth-order valence-corrected chi connectivity index (χ4v) is 1.90. The predicted octanol–water partition coefficient (Wildman–Crippen LogP) is 3.41. The van der Waals surface area contributed by atoms with Crippen molar-refractivity contribution in [2.24, 2.45) is 0 Å². The third-order valence-electron chi connectivity index (χ3n) is 1.80. The Balaban J connectivity index is 2.83. The average Bonchev–Trinajstić information content (AvgIpc) is 2.20. The van der Waals surface area contributed by atoms with Crippen molar-refractivity contribution < 1.29 is 4.79 Å². The number of halogens is 2. The number of Topliss-reactive ketones (excluding diaryl/α,β-unsaturated/α-hetero) is 1. The smallest absolute Gasteiger partial charge is 0.152 e. The molecule has 0 atom stereocenters. The van der Waals surface area contributed by atoms with Crippen LogP contribution in [-0.2, 0) is 11.2 Å². The summed E-state index contributed by atoms with van der Waals surface area (Å²) in [4.78, 5) is 12.2. The number of carbonyl (C=O) groups is 1. The molecule has 0 aromatic heterocycles. The van der Waals surface area contributed by atoms with Crippen LogP contribution in [-0.4, -0.2) is 17.9 Å². The minimum Gasteiger partial charge on any atom is -0.298 e. The predicted molar refractivity (Wildman–Crippen MR) is 62.7 cm³/mol. The highest BCUT2D eigenvalue weighted by Gasteiger charge is 2.06. The minimum atomic E-state index is -0.00883. The second-order valence-corrected chi connectivity index (χ2v) is 4.36.